The van der Waals surface area contributed by atoms with Gasteiger partial charge in [0.05, 0.1) is 16.7 Å². The number of halogens is 3. The van der Waals surface area contributed by atoms with Gasteiger partial charge >= 0.3 is 6.18 Å². The second-order valence-corrected chi connectivity index (χ2v) is 10.1. The number of benzene rings is 2. The lowest BCUT2D eigenvalue weighted by atomic mass is 9.63. The highest BCUT2D eigenvalue weighted by molar-refractivity contribution is 7.90. The summed E-state index contributed by atoms with van der Waals surface area (Å²) < 4.78 is 73.0. The van der Waals surface area contributed by atoms with E-state index in [9.17, 15) is 21.6 Å². The first-order valence-corrected chi connectivity index (χ1v) is 11.8. The molecule has 9 heteroatoms. The van der Waals surface area contributed by atoms with Gasteiger partial charge in [-0.3, -0.25) is 0 Å². The molecule has 0 amide bonds. The molecule has 2 aromatic carbocycles. The van der Waals surface area contributed by atoms with Gasteiger partial charge in [0.1, 0.15) is 17.3 Å². The van der Waals surface area contributed by atoms with Crippen LogP contribution in [0.5, 0.6) is 11.5 Å². The molecular weight excluding hydrogens is 429 g/mol. The zero-order valence-corrected chi connectivity index (χ0v) is 17.4. The molecule has 3 aliphatic heterocycles. The number of ether oxygens (including phenoxy) is 1. The van der Waals surface area contributed by atoms with Crippen molar-refractivity contribution in [1.29, 1.82) is 0 Å². The van der Waals surface area contributed by atoms with E-state index in [1.54, 1.807) is 12.1 Å². The maximum Gasteiger partial charge on any atom is 0.416 e. The average Bonchev–Trinajstić information content (AvgIpc) is 2.74. The van der Waals surface area contributed by atoms with Crippen LogP contribution in [0.25, 0.3) is 0 Å². The van der Waals surface area contributed by atoms with E-state index in [1.807, 2.05) is 12.1 Å². The van der Waals surface area contributed by atoms with Crippen LogP contribution in [-0.4, -0.2) is 37.5 Å². The number of fused-ring (bicyclic) bond motifs is 2. The Bertz CT molecular complexity index is 1140. The number of alkyl halides is 3. The second kappa shape index (κ2) is 6.98. The van der Waals surface area contributed by atoms with E-state index < -0.39 is 27.2 Å². The lowest BCUT2D eigenvalue weighted by Gasteiger charge is -2.55. The van der Waals surface area contributed by atoms with Crippen LogP contribution in [0.15, 0.2) is 52.9 Å². The molecule has 1 aliphatic carbocycles. The van der Waals surface area contributed by atoms with Crippen molar-refractivity contribution in [2.75, 3.05) is 12.3 Å². The van der Waals surface area contributed by atoms with Gasteiger partial charge in [-0.15, -0.1) is 4.40 Å². The molecule has 164 valence electrons. The first-order chi connectivity index (χ1) is 14.7. The van der Waals surface area contributed by atoms with Crippen LogP contribution in [0.4, 0.5) is 13.2 Å². The van der Waals surface area contributed by atoms with Crippen molar-refractivity contribution in [2.45, 2.75) is 43.3 Å². The molecular formula is C22H21F3N2O3S. The van der Waals surface area contributed by atoms with Crippen LogP contribution in [0, 0.1) is 0 Å². The zero-order valence-electron chi connectivity index (χ0n) is 16.6. The molecule has 0 radical (unpaired) electrons. The second-order valence-electron chi connectivity index (χ2n) is 8.36. The Labute approximate surface area is 178 Å². The number of nitrogens with zero attached hydrogens (tertiary/aromatic N) is 2. The first kappa shape index (κ1) is 20.4. The number of rotatable bonds is 3. The lowest BCUT2D eigenvalue weighted by Crippen LogP contribution is -2.62. The fraction of sp³-hybridized carbons (Fsp3) is 0.409. The van der Waals surface area contributed by atoms with Crippen molar-refractivity contribution in [3.05, 3.63) is 59.7 Å². The fourth-order valence-electron chi connectivity index (χ4n) is 5.03. The number of hydrogen-bond acceptors (Lipinski definition) is 4. The molecule has 2 aromatic rings. The normalized spacial score (nSPS) is 26.9. The van der Waals surface area contributed by atoms with Crippen molar-refractivity contribution >= 4 is 15.9 Å². The smallest absolute Gasteiger partial charge is 0.416 e. The molecule has 5 nitrogen and oxygen atoms in total. The number of amidine groups is 1. The molecule has 0 N–H and O–H groups in total. The molecule has 0 atom stereocenters. The SMILES string of the molecule is O=S1(=O)CCN2C(=N1)C1(c3ccc(Oc4cccc(C(F)(F)F)c4)cc3)CCC2CC1. The van der Waals surface area contributed by atoms with Crippen molar-refractivity contribution in [2.24, 2.45) is 4.40 Å². The Morgan fingerprint density at radius 3 is 2.42 bits per heavy atom. The van der Waals surface area contributed by atoms with E-state index >= 15 is 0 Å². The Morgan fingerprint density at radius 2 is 1.74 bits per heavy atom. The van der Waals surface area contributed by atoms with Gasteiger partial charge in [0.2, 0.25) is 0 Å². The maximum absolute atomic E-state index is 12.9. The Kier molecular flexibility index (Phi) is 4.58. The topological polar surface area (TPSA) is 59.0 Å². The number of piperidine rings is 2. The quantitative estimate of drug-likeness (QED) is 0.678. The summed E-state index contributed by atoms with van der Waals surface area (Å²) >= 11 is 0. The van der Waals surface area contributed by atoms with Gasteiger partial charge in [0.15, 0.2) is 0 Å². The monoisotopic (exact) mass is 450 g/mol. The molecule has 1 saturated carbocycles. The summed E-state index contributed by atoms with van der Waals surface area (Å²) in [6.07, 6.45) is -0.801. The van der Waals surface area contributed by atoms with Gasteiger partial charge in [-0.1, -0.05) is 18.2 Å². The van der Waals surface area contributed by atoms with E-state index in [-0.39, 0.29) is 11.5 Å². The first-order valence-electron chi connectivity index (χ1n) is 10.2. The van der Waals surface area contributed by atoms with Crippen LogP contribution >= 0.6 is 0 Å². The Balaban J connectivity index is 1.44. The summed E-state index contributed by atoms with van der Waals surface area (Å²) in [6, 6.07) is 12.3. The molecule has 0 aromatic heterocycles. The van der Waals surface area contributed by atoms with Crippen LogP contribution in [0.1, 0.15) is 36.8 Å². The predicted molar refractivity (Wildman–Crippen MR) is 110 cm³/mol. The van der Waals surface area contributed by atoms with Crippen molar-refractivity contribution in [1.82, 2.24) is 4.90 Å². The van der Waals surface area contributed by atoms with Crippen LogP contribution in [-0.2, 0) is 21.6 Å². The minimum atomic E-state index is -4.44. The standard InChI is InChI=1S/C22H21F3N2O3S/c23-22(24,25)16-2-1-3-19(14-16)30-18-6-4-15(5-7-18)21-10-8-17(9-11-21)27-12-13-31(28,29)26-20(21)27/h1-7,14,17H,8-13H2. The van der Waals surface area contributed by atoms with Crippen LogP contribution in [0.3, 0.4) is 0 Å². The molecule has 4 aliphatic rings. The average molecular weight is 450 g/mol. The Morgan fingerprint density at radius 1 is 1.03 bits per heavy atom. The van der Waals surface area contributed by atoms with Crippen LogP contribution in [0.2, 0.25) is 0 Å². The molecule has 31 heavy (non-hydrogen) atoms. The van der Waals surface area contributed by atoms with E-state index in [1.165, 1.54) is 12.1 Å². The van der Waals surface area contributed by atoms with E-state index in [4.69, 9.17) is 4.74 Å². The highest BCUT2D eigenvalue weighted by Crippen LogP contribution is 2.49. The highest BCUT2D eigenvalue weighted by Gasteiger charge is 2.52. The zero-order chi connectivity index (χ0) is 21.9. The summed E-state index contributed by atoms with van der Waals surface area (Å²) in [7, 11) is -3.46. The third-order valence-electron chi connectivity index (χ3n) is 6.57. The molecule has 0 unspecified atom stereocenters. The van der Waals surface area contributed by atoms with Gasteiger partial charge in [0.25, 0.3) is 10.0 Å². The molecule has 3 heterocycles. The molecule has 2 saturated heterocycles. The van der Waals surface area contributed by atoms with Gasteiger partial charge in [-0.25, -0.2) is 8.42 Å². The van der Waals surface area contributed by atoms with E-state index in [0.717, 1.165) is 43.4 Å². The summed E-state index contributed by atoms with van der Waals surface area (Å²) in [6.45, 7) is 0.477. The summed E-state index contributed by atoms with van der Waals surface area (Å²) in [5.74, 6) is 1.21. The predicted octanol–water partition coefficient (Wildman–Crippen LogP) is 4.74. The van der Waals surface area contributed by atoms with Gasteiger partial charge in [-0.05, 0) is 61.6 Å². The number of sulfonamides is 1. The Hall–Kier alpha value is -2.55. The van der Waals surface area contributed by atoms with Crippen LogP contribution < -0.4 is 4.74 Å². The maximum atomic E-state index is 12.9. The summed E-state index contributed by atoms with van der Waals surface area (Å²) in [5.41, 5.74) is -0.254. The van der Waals surface area contributed by atoms with Crippen molar-refractivity contribution < 1.29 is 26.3 Å². The van der Waals surface area contributed by atoms with Gasteiger partial charge in [0, 0.05) is 12.6 Å². The van der Waals surface area contributed by atoms with Gasteiger partial charge < -0.3 is 9.64 Å². The number of hydrogen-bond donors (Lipinski definition) is 0. The highest BCUT2D eigenvalue weighted by atomic mass is 32.2. The van der Waals surface area contributed by atoms with E-state index in [0.29, 0.717) is 24.2 Å². The molecule has 0 spiro atoms. The largest absolute Gasteiger partial charge is 0.457 e. The summed E-state index contributed by atoms with van der Waals surface area (Å²) in [5, 5.41) is 0. The van der Waals surface area contributed by atoms with Crippen molar-refractivity contribution in [3.8, 4) is 11.5 Å². The van der Waals surface area contributed by atoms with Gasteiger partial charge in [-0.2, -0.15) is 13.2 Å². The molecule has 2 bridgehead atoms. The summed E-state index contributed by atoms with van der Waals surface area (Å²) in [4.78, 5) is 2.15. The third-order valence-corrected chi connectivity index (χ3v) is 7.72. The van der Waals surface area contributed by atoms with Crippen molar-refractivity contribution in [3.63, 3.8) is 0 Å². The minimum absolute atomic E-state index is 0.0485. The molecule has 6 rings (SSSR count). The minimum Gasteiger partial charge on any atom is -0.457 e. The third kappa shape index (κ3) is 3.58. The lowest BCUT2D eigenvalue weighted by molar-refractivity contribution is -0.137. The molecule has 3 fully saturated rings. The van der Waals surface area contributed by atoms with E-state index in [2.05, 4.69) is 9.30 Å². The fourth-order valence-corrected chi connectivity index (χ4v) is 6.09.